The summed E-state index contributed by atoms with van der Waals surface area (Å²) in [7, 11) is 0. The first-order valence-electron chi connectivity index (χ1n) is 3.76. The molecule has 0 amide bonds. The average Bonchev–Trinajstić information content (AvgIpc) is 2.11. The van der Waals surface area contributed by atoms with E-state index in [0.717, 1.165) is 6.07 Å². The van der Waals surface area contributed by atoms with E-state index in [1.54, 1.807) is 0 Å². The lowest BCUT2D eigenvalue weighted by molar-refractivity contribution is -0.360. The normalized spacial score (nSPS) is 12.7. The summed E-state index contributed by atoms with van der Waals surface area (Å²) >= 11 is 9.20. The van der Waals surface area contributed by atoms with Crippen molar-refractivity contribution in [1.29, 1.82) is 0 Å². The smallest absolute Gasteiger partial charge is 0.424 e. The molecule has 0 aromatic heterocycles. The second-order valence-corrected chi connectivity index (χ2v) is 3.57. The molecule has 0 heterocycles. The molecule has 0 saturated carbocycles. The Morgan fingerprint density at radius 1 is 1.12 bits per heavy atom. The Morgan fingerprint density at radius 3 is 2.19 bits per heavy atom. The highest BCUT2D eigenvalue weighted by Crippen LogP contribution is 2.40. The number of rotatable bonds is 2. The van der Waals surface area contributed by atoms with Crippen molar-refractivity contribution in [3.05, 3.63) is 23.2 Å². The van der Waals surface area contributed by atoms with E-state index in [-0.39, 0.29) is 4.90 Å². The molecule has 1 rings (SSSR count). The average molecular weight is 279 g/mol. The SMILES string of the molecule is FC(F)(F)C(F)(F)Oc1cccc(S)c1Cl. The zero-order chi connectivity index (χ0) is 12.6. The van der Waals surface area contributed by atoms with Gasteiger partial charge in [0.25, 0.3) is 0 Å². The molecule has 0 N–H and O–H groups in total. The van der Waals surface area contributed by atoms with Crippen molar-refractivity contribution in [3.8, 4) is 5.75 Å². The second-order valence-electron chi connectivity index (χ2n) is 2.71. The Bertz CT molecular complexity index is 393. The highest BCUT2D eigenvalue weighted by atomic mass is 35.5. The molecular formula is C8H4ClF5OS. The minimum Gasteiger partial charge on any atom is -0.424 e. The van der Waals surface area contributed by atoms with Gasteiger partial charge in [-0.2, -0.15) is 22.0 Å². The van der Waals surface area contributed by atoms with Gasteiger partial charge in [-0.1, -0.05) is 17.7 Å². The molecule has 0 aliphatic rings. The monoisotopic (exact) mass is 278 g/mol. The van der Waals surface area contributed by atoms with Crippen molar-refractivity contribution in [2.24, 2.45) is 0 Å². The van der Waals surface area contributed by atoms with E-state index in [0.29, 0.717) is 0 Å². The summed E-state index contributed by atoms with van der Waals surface area (Å²) in [5.74, 6) is -0.781. The van der Waals surface area contributed by atoms with Gasteiger partial charge in [0.1, 0.15) is 5.75 Å². The zero-order valence-corrected chi connectivity index (χ0v) is 9.01. The Morgan fingerprint density at radius 2 is 1.69 bits per heavy atom. The van der Waals surface area contributed by atoms with Crippen LogP contribution in [0.5, 0.6) is 5.75 Å². The summed E-state index contributed by atoms with van der Waals surface area (Å²) in [4.78, 5) is 0.0390. The van der Waals surface area contributed by atoms with E-state index in [1.165, 1.54) is 12.1 Å². The van der Waals surface area contributed by atoms with E-state index in [4.69, 9.17) is 11.6 Å². The number of hydrogen-bond donors (Lipinski definition) is 1. The van der Waals surface area contributed by atoms with Crippen molar-refractivity contribution in [2.75, 3.05) is 0 Å². The number of benzene rings is 1. The first-order valence-corrected chi connectivity index (χ1v) is 4.58. The van der Waals surface area contributed by atoms with Gasteiger partial charge < -0.3 is 4.74 Å². The van der Waals surface area contributed by atoms with Gasteiger partial charge in [0.05, 0.1) is 5.02 Å². The first-order chi connectivity index (χ1) is 7.15. The quantitative estimate of drug-likeness (QED) is 0.631. The van der Waals surface area contributed by atoms with Gasteiger partial charge >= 0.3 is 12.3 Å². The summed E-state index contributed by atoms with van der Waals surface area (Å²) in [6.07, 6.45) is -11.1. The van der Waals surface area contributed by atoms with Crippen molar-refractivity contribution in [1.82, 2.24) is 0 Å². The Balaban J connectivity index is 3.02. The predicted molar refractivity (Wildman–Crippen MR) is 50.3 cm³/mol. The van der Waals surface area contributed by atoms with Crippen LogP contribution < -0.4 is 4.74 Å². The van der Waals surface area contributed by atoms with E-state index in [9.17, 15) is 22.0 Å². The van der Waals surface area contributed by atoms with Crippen molar-refractivity contribution in [2.45, 2.75) is 17.2 Å². The lowest BCUT2D eigenvalue weighted by Gasteiger charge is -2.20. The van der Waals surface area contributed by atoms with Gasteiger partial charge in [-0.15, -0.1) is 12.6 Å². The molecule has 0 bridgehead atoms. The van der Waals surface area contributed by atoms with E-state index in [1.807, 2.05) is 0 Å². The standard InChI is InChI=1S/C8H4ClF5OS/c9-6-4(2-1-3-5(6)16)15-8(13,14)7(10,11)12/h1-3,16H. The number of alkyl halides is 5. The molecule has 1 aromatic rings. The molecule has 1 nitrogen and oxygen atoms in total. The molecule has 0 atom stereocenters. The highest BCUT2D eigenvalue weighted by Gasteiger charge is 2.61. The van der Waals surface area contributed by atoms with Crippen LogP contribution in [0.4, 0.5) is 22.0 Å². The molecule has 0 spiro atoms. The van der Waals surface area contributed by atoms with Gasteiger partial charge in [-0.3, -0.25) is 0 Å². The van der Waals surface area contributed by atoms with Crippen LogP contribution in [0.1, 0.15) is 0 Å². The Hall–Kier alpha value is -0.690. The molecule has 0 unspecified atom stereocenters. The number of halogens is 6. The lowest BCUT2D eigenvalue weighted by atomic mass is 10.3. The van der Waals surface area contributed by atoms with Gasteiger partial charge in [-0.05, 0) is 12.1 Å². The van der Waals surface area contributed by atoms with Crippen LogP contribution >= 0.6 is 24.2 Å². The summed E-state index contributed by atoms with van der Waals surface area (Å²) in [6.45, 7) is 0. The molecule has 16 heavy (non-hydrogen) atoms. The van der Waals surface area contributed by atoms with Crippen LogP contribution in [0.25, 0.3) is 0 Å². The minimum absolute atomic E-state index is 0.0390. The fourth-order valence-electron chi connectivity index (χ4n) is 0.774. The van der Waals surface area contributed by atoms with E-state index in [2.05, 4.69) is 17.4 Å². The number of ether oxygens (including phenoxy) is 1. The molecule has 0 aliphatic heterocycles. The fourth-order valence-corrected chi connectivity index (χ4v) is 1.13. The third-order valence-corrected chi connectivity index (χ3v) is 2.41. The maximum absolute atomic E-state index is 12.5. The van der Waals surface area contributed by atoms with Crippen LogP contribution in [-0.2, 0) is 0 Å². The van der Waals surface area contributed by atoms with Gasteiger partial charge in [0, 0.05) is 4.90 Å². The number of hydrogen-bond acceptors (Lipinski definition) is 2. The fraction of sp³-hybridized carbons (Fsp3) is 0.250. The van der Waals surface area contributed by atoms with Gasteiger partial charge in [0.2, 0.25) is 0 Å². The molecule has 90 valence electrons. The van der Waals surface area contributed by atoms with Crippen LogP contribution in [0.2, 0.25) is 5.02 Å². The van der Waals surface area contributed by atoms with Crippen molar-refractivity contribution < 1.29 is 26.7 Å². The summed E-state index contributed by atoms with van der Waals surface area (Å²) < 4.78 is 64.0. The summed E-state index contributed by atoms with van der Waals surface area (Å²) in [5.41, 5.74) is 0. The molecular weight excluding hydrogens is 275 g/mol. The first kappa shape index (κ1) is 13.4. The molecule has 0 saturated heterocycles. The number of thiol groups is 1. The van der Waals surface area contributed by atoms with Gasteiger partial charge in [0.15, 0.2) is 0 Å². The van der Waals surface area contributed by atoms with Crippen molar-refractivity contribution >= 4 is 24.2 Å². The molecule has 1 aromatic carbocycles. The van der Waals surface area contributed by atoms with Crippen molar-refractivity contribution in [3.63, 3.8) is 0 Å². The van der Waals surface area contributed by atoms with Crippen LogP contribution in [0.15, 0.2) is 23.1 Å². The minimum atomic E-state index is -5.80. The molecule has 8 heteroatoms. The Kier molecular flexibility index (Phi) is 3.59. The third kappa shape index (κ3) is 2.70. The third-order valence-electron chi connectivity index (χ3n) is 1.51. The highest BCUT2D eigenvalue weighted by molar-refractivity contribution is 7.80. The topological polar surface area (TPSA) is 9.23 Å². The van der Waals surface area contributed by atoms with Gasteiger partial charge in [-0.25, -0.2) is 0 Å². The maximum atomic E-state index is 12.5. The van der Waals surface area contributed by atoms with E-state index >= 15 is 0 Å². The van der Waals surface area contributed by atoms with Crippen LogP contribution in [0.3, 0.4) is 0 Å². The molecule has 0 radical (unpaired) electrons. The van der Waals surface area contributed by atoms with Crippen LogP contribution in [-0.4, -0.2) is 12.3 Å². The second kappa shape index (κ2) is 4.29. The van der Waals surface area contributed by atoms with E-state index < -0.39 is 23.1 Å². The molecule has 0 aliphatic carbocycles. The van der Waals surface area contributed by atoms with Crippen LogP contribution in [0, 0.1) is 0 Å². The largest absolute Gasteiger partial charge is 0.499 e. The predicted octanol–water partition coefficient (Wildman–Crippen LogP) is 4.16. The zero-order valence-electron chi connectivity index (χ0n) is 7.36. The summed E-state index contributed by atoms with van der Waals surface area (Å²) in [6, 6.07) is 3.40. The Labute approximate surface area is 97.6 Å². The molecule has 0 fully saturated rings. The lowest BCUT2D eigenvalue weighted by Crippen LogP contribution is -2.41. The maximum Gasteiger partial charge on any atom is 0.499 e. The summed E-state index contributed by atoms with van der Waals surface area (Å²) in [5, 5.41) is -0.408.